The molecule has 0 aromatic heterocycles. The molecule has 1 saturated heterocycles. The first-order valence-corrected chi connectivity index (χ1v) is 3.02. The highest BCUT2D eigenvalue weighted by Gasteiger charge is 2.17. The molecule has 1 aliphatic heterocycles. The van der Waals surface area contributed by atoms with Crippen LogP contribution in [0.15, 0.2) is 0 Å². The maximum absolute atomic E-state index is 10.4. The number of carbonyl (C=O) groups excluding carboxylic acids is 1. The lowest BCUT2D eigenvalue weighted by Gasteiger charge is -2.14. The van der Waals surface area contributed by atoms with Crippen molar-refractivity contribution in [2.45, 2.75) is 18.2 Å². The second-order valence-corrected chi connectivity index (χ2v) is 2.43. The molecule has 0 spiro atoms. The normalized spacial score (nSPS) is 29.6. The Bertz CT molecular complexity index is 103. The van der Waals surface area contributed by atoms with Gasteiger partial charge in [-0.1, -0.05) is 0 Å². The molecule has 1 fully saturated rings. The number of carbonyl (C=O) groups is 1. The van der Waals surface area contributed by atoms with E-state index >= 15 is 0 Å². The Kier molecular flexibility index (Phi) is 1.73. The lowest BCUT2D eigenvalue weighted by Crippen LogP contribution is -2.20. The molecule has 1 rings (SSSR count). The van der Waals surface area contributed by atoms with E-state index in [9.17, 15) is 4.79 Å². The van der Waals surface area contributed by atoms with Gasteiger partial charge in [0.15, 0.2) is 0 Å². The van der Waals surface area contributed by atoms with Gasteiger partial charge in [0.2, 0.25) is 0 Å². The van der Waals surface area contributed by atoms with Gasteiger partial charge in [-0.25, -0.2) is 0 Å². The van der Waals surface area contributed by atoms with Gasteiger partial charge < -0.3 is 4.74 Å². The minimum absolute atomic E-state index is 0.0104. The van der Waals surface area contributed by atoms with Crippen molar-refractivity contribution in [2.75, 3.05) is 6.61 Å². The quantitative estimate of drug-likeness (QED) is 0.364. The van der Waals surface area contributed by atoms with Gasteiger partial charge in [0, 0.05) is 5.38 Å². The summed E-state index contributed by atoms with van der Waals surface area (Å²) in [5.74, 6) is -0.170. The molecule has 0 aromatic rings. The zero-order valence-corrected chi connectivity index (χ0v) is 5.15. The Morgan fingerprint density at radius 3 is 2.88 bits per heavy atom. The van der Waals surface area contributed by atoms with Crippen LogP contribution in [-0.4, -0.2) is 18.0 Å². The zero-order valence-electron chi connectivity index (χ0n) is 4.39. The third-order valence-corrected chi connectivity index (χ3v) is 1.45. The number of ether oxygens (including phenoxy) is 1. The molecule has 0 aliphatic carbocycles. The van der Waals surface area contributed by atoms with Crippen LogP contribution in [0.4, 0.5) is 0 Å². The molecule has 1 atom stereocenters. The summed E-state index contributed by atoms with van der Waals surface area (Å²) in [6.07, 6.45) is 1.18. The summed E-state index contributed by atoms with van der Waals surface area (Å²) in [6, 6.07) is 0. The van der Waals surface area contributed by atoms with Crippen molar-refractivity contribution in [3.05, 3.63) is 0 Å². The van der Waals surface area contributed by atoms with Crippen LogP contribution in [0.1, 0.15) is 12.8 Å². The highest BCUT2D eigenvalue weighted by molar-refractivity contribution is 6.21. The summed E-state index contributed by atoms with van der Waals surface area (Å²) < 4.78 is 4.62. The molecule has 0 amide bonds. The standard InChI is InChI=1S/C5H7ClO2/c6-4-1-2-8-5(7)3-4/h4H,1-3H2. The van der Waals surface area contributed by atoms with Crippen LogP contribution in [0.2, 0.25) is 0 Å². The number of hydrogen-bond donors (Lipinski definition) is 0. The second kappa shape index (κ2) is 2.35. The molecule has 0 aromatic carbocycles. The maximum atomic E-state index is 10.4. The molecule has 1 unspecified atom stereocenters. The number of hydrogen-bond acceptors (Lipinski definition) is 2. The van der Waals surface area contributed by atoms with E-state index in [1.165, 1.54) is 0 Å². The largest absolute Gasteiger partial charge is 0.466 e. The second-order valence-electron chi connectivity index (χ2n) is 1.81. The van der Waals surface area contributed by atoms with E-state index in [1.807, 2.05) is 0 Å². The predicted octanol–water partition coefficient (Wildman–Crippen LogP) is 0.931. The molecule has 46 valence electrons. The average molecular weight is 135 g/mol. The van der Waals surface area contributed by atoms with E-state index in [0.29, 0.717) is 13.0 Å². The average Bonchev–Trinajstić information content (AvgIpc) is 1.64. The van der Waals surface area contributed by atoms with Gasteiger partial charge in [-0.3, -0.25) is 4.79 Å². The molecule has 0 radical (unpaired) electrons. The molecular formula is C5H7ClO2. The first kappa shape index (κ1) is 5.89. The number of esters is 1. The number of alkyl halides is 1. The van der Waals surface area contributed by atoms with E-state index in [-0.39, 0.29) is 11.3 Å². The lowest BCUT2D eigenvalue weighted by molar-refractivity contribution is -0.146. The van der Waals surface area contributed by atoms with Gasteiger partial charge in [0.25, 0.3) is 0 Å². The van der Waals surface area contributed by atoms with Crippen molar-refractivity contribution in [3.63, 3.8) is 0 Å². The first-order valence-electron chi connectivity index (χ1n) is 2.59. The number of cyclic esters (lactones) is 1. The summed E-state index contributed by atoms with van der Waals surface area (Å²) >= 11 is 5.61. The molecule has 0 N–H and O–H groups in total. The van der Waals surface area contributed by atoms with E-state index < -0.39 is 0 Å². The Balaban J connectivity index is 2.34. The maximum Gasteiger partial charge on any atom is 0.307 e. The van der Waals surface area contributed by atoms with Gasteiger partial charge in [-0.2, -0.15) is 0 Å². The van der Waals surface area contributed by atoms with Crippen molar-refractivity contribution in [1.82, 2.24) is 0 Å². The fourth-order valence-electron chi connectivity index (χ4n) is 0.642. The molecule has 1 heterocycles. The third-order valence-electron chi connectivity index (χ3n) is 1.08. The zero-order chi connectivity index (χ0) is 5.98. The van der Waals surface area contributed by atoms with E-state index in [4.69, 9.17) is 11.6 Å². The van der Waals surface area contributed by atoms with Gasteiger partial charge in [-0.15, -0.1) is 11.6 Å². The highest BCUT2D eigenvalue weighted by Crippen LogP contribution is 2.13. The molecular weight excluding hydrogens is 128 g/mol. The van der Waals surface area contributed by atoms with Crippen LogP contribution >= 0.6 is 11.6 Å². The Morgan fingerprint density at radius 2 is 2.50 bits per heavy atom. The number of halogens is 1. The van der Waals surface area contributed by atoms with Crippen molar-refractivity contribution in [2.24, 2.45) is 0 Å². The summed E-state index contributed by atoms with van der Waals surface area (Å²) in [4.78, 5) is 10.4. The first-order chi connectivity index (χ1) is 3.79. The lowest BCUT2D eigenvalue weighted by atomic mass is 10.2. The van der Waals surface area contributed by atoms with E-state index in [0.717, 1.165) is 6.42 Å². The fourth-order valence-corrected chi connectivity index (χ4v) is 0.858. The van der Waals surface area contributed by atoms with Crippen LogP contribution in [-0.2, 0) is 9.53 Å². The molecule has 1 aliphatic rings. The van der Waals surface area contributed by atoms with Crippen LogP contribution in [0.3, 0.4) is 0 Å². The SMILES string of the molecule is O=C1CC(Cl)CCO1. The van der Waals surface area contributed by atoms with Crippen LogP contribution in [0.25, 0.3) is 0 Å². The van der Waals surface area contributed by atoms with Gasteiger partial charge in [0.1, 0.15) is 0 Å². The topological polar surface area (TPSA) is 26.3 Å². The minimum atomic E-state index is -0.170. The monoisotopic (exact) mass is 134 g/mol. The van der Waals surface area contributed by atoms with E-state index in [2.05, 4.69) is 4.74 Å². The molecule has 8 heavy (non-hydrogen) atoms. The summed E-state index contributed by atoms with van der Waals surface area (Å²) in [7, 11) is 0. The van der Waals surface area contributed by atoms with Crippen LogP contribution < -0.4 is 0 Å². The van der Waals surface area contributed by atoms with Crippen molar-refractivity contribution in [3.8, 4) is 0 Å². The summed E-state index contributed by atoms with van der Waals surface area (Å²) in [5.41, 5.74) is 0. The van der Waals surface area contributed by atoms with Crippen molar-refractivity contribution >= 4 is 17.6 Å². The Morgan fingerprint density at radius 1 is 1.75 bits per heavy atom. The molecule has 3 heteroatoms. The smallest absolute Gasteiger partial charge is 0.307 e. The Hall–Kier alpha value is -0.240. The highest BCUT2D eigenvalue weighted by atomic mass is 35.5. The molecule has 0 bridgehead atoms. The summed E-state index contributed by atoms with van der Waals surface area (Å²) in [6.45, 7) is 0.493. The van der Waals surface area contributed by atoms with Crippen molar-refractivity contribution < 1.29 is 9.53 Å². The fraction of sp³-hybridized carbons (Fsp3) is 0.800. The molecule has 0 saturated carbocycles. The van der Waals surface area contributed by atoms with Gasteiger partial charge in [0.05, 0.1) is 13.0 Å². The Labute approximate surface area is 52.8 Å². The third kappa shape index (κ3) is 1.37. The van der Waals surface area contributed by atoms with Gasteiger partial charge in [-0.05, 0) is 6.42 Å². The molecule has 2 nitrogen and oxygen atoms in total. The van der Waals surface area contributed by atoms with Crippen molar-refractivity contribution in [1.29, 1.82) is 0 Å². The predicted molar refractivity (Wildman–Crippen MR) is 29.8 cm³/mol. The summed E-state index contributed by atoms with van der Waals surface area (Å²) in [5, 5.41) is 0.0104. The minimum Gasteiger partial charge on any atom is -0.466 e. The van der Waals surface area contributed by atoms with E-state index in [1.54, 1.807) is 0 Å². The number of rotatable bonds is 0. The van der Waals surface area contributed by atoms with Crippen LogP contribution in [0, 0.1) is 0 Å². The van der Waals surface area contributed by atoms with Gasteiger partial charge >= 0.3 is 5.97 Å². The van der Waals surface area contributed by atoms with Crippen LogP contribution in [0.5, 0.6) is 0 Å².